The van der Waals surface area contributed by atoms with Crippen LogP contribution in [-0.2, 0) is 14.3 Å². The van der Waals surface area contributed by atoms with Crippen molar-refractivity contribution in [3.63, 3.8) is 0 Å². The Hall–Kier alpha value is -2.90. The molecule has 0 bridgehead atoms. The van der Waals surface area contributed by atoms with E-state index in [1.165, 1.54) is 6.07 Å². The Morgan fingerprint density at radius 2 is 1.87 bits per heavy atom. The van der Waals surface area contributed by atoms with Crippen LogP contribution in [0.25, 0.3) is 10.9 Å². The molecule has 0 unspecified atom stereocenters. The van der Waals surface area contributed by atoms with Crippen molar-refractivity contribution in [2.24, 2.45) is 0 Å². The van der Waals surface area contributed by atoms with Crippen molar-refractivity contribution in [2.45, 2.75) is 64.0 Å². The number of nitrogens with one attached hydrogen (secondary N) is 1. The van der Waals surface area contributed by atoms with E-state index >= 15 is 4.39 Å². The summed E-state index contributed by atoms with van der Waals surface area (Å²) in [5, 5.41) is 3.21. The predicted molar refractivity (Wildman–Crippen MR) is 113 cm³/mol. The zero-order chi connectivity index (χ0) is 22.3. The van der Waals surface area contributed by atoms with Crippen molar-refractivity contribution < 1.29 is 23.5 Å². The van der Waals surface area contributed by atoms with Crippen LogP contribution in [0, 0.1) is 5.82 Å². The second kappa shape index (κ2) is 7.98. The highest BCUT2D eigenvalue weighted by molar-refractivity contribution is 6.00. The first-order valence-electron chi connectivity index (χ1n) is 10.7. The van der Waals surface area contributed by atoms with Crippen LogP contribution in [-0.4, -0.2) is 46.1 Å². The number of fused-ring (bicyclic) bond motifs is 1. The Labute approximate surface area is 180 Å². The molecule has 8 heteroatoms. The fourth-order valence-electron chi connectivity index (χ4n) is 4.43. The third-order valence-electron chi connectivity index (χ3n) is 5.97. The summed E-state index contributed by atoms with van der Waals surface area (Å²) in [6.07, 6.45) is 3.45. The van der Waals surface area contributed by atoms with Gasteiger partial charge < -0.3 is 14.2 Å². The lowest BCUT2D eigenvalue weighted by molar-refractivity contribution is -0.135. The van der Waals surface area contributed by atoms with Gasteiger partial charge >= 0.3 is 6.09 Å². The van der Waals surface area contributed by atoms with Gasteiger partial charge in [0, 0.05) is 31.1 Å². The number of amides is 3. The Balaban J connectivity index is 1.50. The molecule has 4 rings (SSSR count). The summed E-state index contributed by atoms with van der Waals surface area (Å²) in [5.41, 5.74) is 0.736. The first kappa shape index (κ1) is 21.3. The summed E-state index contributed by atoms with van der Waals surface area (Å²) in [6, 6.07) is 4.69. The van der Waals surface area contributed by atoms with Crippen LogP contribution in [0.2, 0.25) is 0 Å². The normalized spacial score (nSPS) is 20.8. The summed E-state index contributed by atoms with van der Waals surface area (Å²) >= 11 is 0. The van der Waals surface area contributed by atoms with Gasteiger partial charge in [0.2, 0.25) is 11.8 Å². The van der Waals surface area contributed by atoms with Gasteiger partial charge in [-0.1, -0.05) is 0 Å². The van der Waals surface area contributed by atoms with Crippen molar-refractivity contribution in [3.05, 3.63) is 35.8 Å². The van der Waals surface area contributed by atoms with Gasteiger partial charge in [-0.2, -0.15) is 0 Å². The van der Waals surface area contributed by atoms with Crippen LogP contribution in [0.3, 0.4) is 0 Å². The number of ether oxygens (including phenoxy) is 1. The van der Waals surface area contributed by atoms with Crippen molar-refractivity contribution >= 4 is 28.8 Å². The standard InChI is InChI=1S/C23H28FN3O4/c1-23(2,3)31-22(30)26-9-6-14(7-10-26)16-12-15-8-11-27(19(15)13-17(16)24)18-4-5-20(28)25-21(18)29/h8,11-14,18H,4-7,9-10H2,1-3H3,(H,25,28,29)/t18-/m0/s1. The number of nitrogens with zero attached hydrogens (tertiary/aromatic N) is 2. The molecule has 2 saturated heterocycles. The maximum atomic E-state index is 15.1. The summed E-state index contributed by atoms with van der Waals surface area (Å²) < 4.78 is 22.3. The first-order chi connectivity index (χ1) is 14.6. The lowest BCUT2D eigenvalue weighted by Crippen LogP contribution is -2.41. The lowest BCUT2D eigenvalue weighted by Gasteiger charge is -2.33. The molecule has 2 fully saturated rings. The molecule has 0 saturated carbocycles. The number of benzene rings is 1. The zero-order valence-corrected chi connectivity index (χ0v) is 18.1. The van der Waals surface area contributed by atoms with Crippen LogP contribution in [0.15, 0.2) is 24.4 Å². The summed E-state index contributed by atoms with van der Waals surface area (Å²) in [5.74, 6) is -0.922. The van der Waals surface area contributed by atoms with Gasteiger partial charge in [0.25, 0.3) is 0 Å². The summed E-state index contributed by atoms with van der Waals surface area (Å²) in [6.45, 7) is 6.55. The van der Waals surface area contributed by atoms with Crippen molar-refractivity contribution in [3.8, 4) is 0 Å². The number of rotatable bonds is 2. The van der Waals surface area contributed by atoms with Crippen LogP contribution < -0.4 is 5.32 Å². The Kier molecular flexibility index (Phi) is 5.49. The molecule has 1 atom stereocenters. The van der Waals surface area contributed by atoms with E-state index in [0.29, 0.717) is 43.4 Å². The third-order valence-corrected chi connectivity index (χ3v) is 5.97. The molecule has 3 amide bonds. The molecule has 7 nitrogen and oxygen atoms in total. The van der Waals surface area contributed by atoms with E-state index in [4.69, 9.17) is 4.74 Å². The zero-order valence-electron chi connectivity index (χ0n) is 18.1. The van der Waals surface area contributed by atoms with Gasteiger partial charge in [0.1, 0.15) is 17.5 Å². The molecule has 166 valence electrons. The van der Waals surface area contributed by atoms with Crippen molar-refractivity contribution in [2.75, 3.05) is 13.1 Å². The molecule has 31 heavy (non-hydrogen) atoms. The summed E-state index contributed by atoms with van der Waals surface area (Å²) in [4.78, 5) is 37.6. The minimum absolute atomic E-state index is 0.0158. The average molecular weight is 429 g/mol. The molecular weight excluding hydrogens is 401 g/mol. The Morgan fingerprint density at radius 1 is 1.16 bits per heavy atom. The van der Waals surface area contributed by atoms with Gasteiger partial charge in [-0.3, -0.25) is 14.9 Å². The minimum atomic E-state index is -0.541. The maximum Gasteiger partial charge on any atom is 0.410 e. The van der Waals surface area contributed by atoms with Crippen LogP contribution in [0.1, 0.15) is 64.0 Å². The molecule has 2 aliphatic rings. The van der Waals surface area contributed by atoms with Crippen LogP contribution >= 0.6 is 0 Å². The highest BCUT2D eigenvalue weighted by Gasteiger charge is 2.31. The van der Waals surface area contributed by atoms with Gasteiger partial charge in [0.15, 0.2) is 0 Å². The van der Waals surface area contributed by atoms with Crippen molar-refractivity contribution in [1.29, 1.82) is 0 Å². The van der Waals surface area contributed by atoms with E-state index in [1.807, 2.05) is 32.9 Å². The predicted octanol–water partition coefficient (Wildman–Crippen LogP) is 3.87. The largest absolute Gasteiger partial charge is 0.444 e. The number of halogens is 1. The SMILES string of the molecule is CC(C)(C)OC(=O)N1CCC(c2cc3ccn([C@H]4CCC(=O)NC4=O)c3cc2F)CC1. The van der Waals surface area contributed by atoms with Gasteiger partial charge in [-0.15, -0.1) is 0 Å². The van der Waals surface area contributed by atoms with Gasteiger partial charge in [-0.05, 0) is 69.7 Å². The second-order valence-corrected chi connectivity index (χ2v) is 9.36. The second-order valence-electron chi connectivity index (χ2n) is 9.36. The van der Waals surface area contributed by atoms with E-state index < -0.39 is 11.6 Å². The van der Waals surface area contributed by atoms with Crippen molar-refractivity contribution in [1.82, 2.24) is 14.8 Å². The maximum absolute atomic E-state index is 15.1. The molecule has 1 aromatic heterocycles. The number of likely N-dealkylation sites (tertiary alicyclic amines) is 1. The third kappa shape index (κ3) is 4.43. The van der Waals surface area contributed by atoms with E-state index in [-0.39, 0.29) is 36.1 Å². The lowest BCUT2D eigenvalue weighted by atomic mass is 9.88. The smallest absolute Gasteiger partial charge is 0.410 e. The topological polar surface area (TPSA) is 80.6 Å². The number of imide groups is 1. The number of piperidine rings is 2. The molecule has 3 heterocycles. The first-order valence-corrected chi connectivity index (χ1v) is 10.7. The minimum Gasteiger partial charge on any atom is -0.444 e. The molecule has 1 N–H and O–H groups in total. The van der Waals surface area contributed by atoms with E-state index in [0.717, 1.165) is 5.39 Å². The molecule has 0 spiro atoms. The number of carbonyl (C=O) groups excluding carboxylic acids is 3. The Bertz CT molecular complexity index is 1030. The molecule has 1 aromatic carbocycles. The molecule has 2 aromatic rings. The average Bonchev–Trinajstić information content (AvgIpc) is 3.08. The fraction of sp³-hybridized carbons (Fsp3) is 0.522. The molecule has 2 aliphatic heterocycles. The van der Waals surface area contributed by atoms with E-state index in [9.17, 15) is 14.4 Å². The van der Waals surface area contributed by atoms with Crippen LogP contribution in [0.4, 0.5) is 9.18 Å². The number of aromatic nitrogens is 1. The molecule has 0 aliphatic carbocycles. The Morgan fingerprint density at radius 3 is 2.52 bits per heavy atom. The van der Waals surface area contributed by atoms with Gasteiger partial charge in [-0.25, -0.2) is 9.18 Å². The highest BCUT2D eigenvalue weighted by Crippen LogP contribution is 2.34. The van der Waals surface area contributed by atoms with E-state index in [1.54, 1.807) is 15.7 Å². The molecule has 0 radical (unpaired) electrons. The monoisotopic (exact) mass is 429 g/mol. The number of hydrogen-bond acceptors (Lipinski definition) is 4. The number of hydrogen-bond donors (Lipinski definition) is 1. The molecular formula is C23H28FN3O4. The van der Waals surface area contributed by atoms with Crippen LogP contribution in [0.5, 0.6) is 0 Å². The van der Waals surface area contributed by atoms with E-state index in [2.05, 4.69) is 5.32 Å². The van der Waals surface area contributed by atoms with Gasteiger partial charge in [0.05, 0.1) is 5.52 Å². The highest BCUT2D eigenvalue weighted by atomic mass is 19.1. The summed E-state index contributed by atoms with van der Waals surface area (Å²) in [7, 11) is 0. The number of carbonyl (C=O) groups is 3. The fourth-order valence-corrected chi connectivity index (χ4v) is 4.43. The quantitative estimate of drug-likeness (QED) is 0.735.